The summed E-state index contributed by atoms with van der Waals surface area (Å²) >= 11 is 3.29. The van der Waals surface area contributed by atoms with Crippen molar-refractivity contribution < 1.29 is 17.9 Å². The molecule has 0 aliphatic carbocycles. The molecule has 0 radical (unpaired) electrons. The molecule has 1 heterocycles. The predicted octanol–water partition coefficient (Wildman–Crippen LogP) is 3.69. The molecule has 1 saturated heterocycles. The Hall–Kier alpha value is -1.90. The fourth-order valence-electron chi connectivity index (χ4n) is 3.40. The molecule has 1 unspecified atom stereocenters. The second-order valence-electron chi connectivity index (χ2n) is 6.87. The number of ether oxygens (including phenoxy) is 1. The molecule has 1 aliphatic heterocycles. The average molecular weight is 467 g/mol. The minimum absolute atomic E-state index is 0.0554. The number of methoxy groups -OCH3 is 1. The van der Waals surface area contributed by atoms with Gasteiger partial charge >= 0.3 is 0 Å². The van der Waals surface area contributed by atoms with Crippen LogP contribution in [0.1, 0.15) is 34.8 Å². The average Bonchev–Trinajstić information content (AvgIpc) is 3.17. The van der Waals surface area contributed by atoms with Gasteiger partial charge in [-0.1, -0.05) is 12.1 Å². The minimum Gasteiger partial charge on any atom is -0.497 e. The maximum absolute atomic E-state index is 13.2. The Morgan fingerprint density at radius 2 is 1.96 bits per heavy atom. The standard InChI is InChI=1S/C20H23BrN2O4S/c1-22(2)28(25,26)19-13-15(9-10-17(19)21)20(24)23-11-5-8-18(23)14-6-4-7-16(12-14)27-3/h4,6-7,9-10,12-13,18H,5,8,11H2,1-3H3. The smallest absolute Gasteiger partial charge is 0.254 e. The van der Waals surface area contributed by atoms with Crippen molar-refractivity contribution in [1.29, 1.82) is 0 Å². The van der Waals surface area contributed by atoms with E-state index >= 15 is 0 Å². The first-order valence-electron chi connectivity index (χ1n) is 8.92. The molecule has 0 N–H and O–H groups in total. The summed E-state index contributed by atoms with van der Waals surface area (Å²) in [4.78, 5) is 15.1. The molecule has 2 aromatic carbocycles. The zero-order valence-electron chi connectivity index (χ0n) is 16.1. The van der Waals surface area contributed by atoms with Gasteiger partial charge in [-0.25, -0.2) is 12.7 Å². The Bertz CT molecular complexity index is 991. The lowest BCUT2D eigenvalue weighted by atomic mass is 10.0. The van der Waals surface area contributed by atoms with Gasteiger partial charge in [0, 0.05) is 30.7 Å². The van der Waals surface area contributed by atoms with Crippen molar-refractivity contribution >= 4 is 31.9 Å². The van der Waals surface area contributed by atoms with Crippen LogP contribution in [-0.2, 0) is 10.0 Å². The molecule has 0 saturated carbocycles. The third-order valence-electron chi connectivity index (χ3n) is 4.93. The second-order valence-corrected chi connectivity index (χ2v) is 9.84. The number of benzene rings is 2. The number of rotatable bonds is 5. The van der Waals surface area contributed by atoms with Gasteiger partial charge in [0.15, 0.2) is 0 Å². The van der Waals surface area contributed by atoms with Crippen molar-refractivity contribution in [2.45, 2.75) is 23.8 Å². The van der Waals surface area contributed by atoms with Crippen LogP contribution in [0.15, 0.2) is 51.8 Å². The van der Waals surface area contributed by atoms with E-state index < -0.39 is 10.0 Å². The van der Waals surface area contributed by atoms with Gasteiger partial charge in [-0.05, 0) is 64.7 Å². The molecule has 1 atom stereocenters. The maximum Gasteiger partial charge on any atom is 0.254 e. The first-order valence-corrected chi connectivity index (χ1v) is 11.2. The quantitative estimate of drug-likeness (QED) is 0.673. The van der Waals surface area contributed by atoms with E-state index in [-0.39, 0.29) is 16.8 Å². The number of hydrogen-bond donors (Lipinski definition) is 0. The maximum atomic E-state index is 13.2. The van der Waals surface area contributed by atoms with E-state index in [0.29, 0.717) is 16.6 Å². The van der Waals surface area contributed by atoms with Crippen molar-refractivity contribution in [3.63, 3.8) is 0 Å². The first-order chi connectivity index (χ1) is 13.3. The minimum atomic E-state index is -3.66. The van der Waals surface area contributed by atoms with Gasteiger partial charge in [-0.3, -0.25) is 4.79 Å². The number of hydrogen-bond acceptors (Lipinski definition) is 4. The molecule has 2 aromatic rings. The van der Waals surface area contributed by atoms with Crippen LogP contribution in [0.25, 0.3) is 0 Å². The highest BCUT2D eigenvalue weighted by Crippen LogP contribution is 2.35. The van der Waals surface area contributed by atoms with Crippen LogP contribution in [-0.4, -0.2) is 51.3 Å². The van der Waals surface area contributed by atoms with Gasteiger partial charge in [-0.15, -0.1) is 0 Å². The second kappa shape index (κ2) is 8.23. The normalized spacial score (nSPS) is 17.2. The van der Waals surface area contributed by atoms with Crippen LogP contribution in [0.2, 0.25) is 0 Å². The molecule has 0 spiro atoms. The lowest BCUT2D eigenvalue weighted by Gasteiger charge is -2.26. The fraction of sp³-hybridized carbons (Fsp3) is 0.350. The van der Waals surface area contributed by atoms with Crippen LogP contribution in [0.3, 0.4) is 0 Å². The molecule has 1 aliphatic rings. The Labute approximate surface area is 174 Å². The molecular formula is C20H23BrN2O4S. The Morgan fingerprint density at radius 1 is 1.21 bits per heavy atom. The van der Waals surface area contributed by atoms with E-state index in [1.54, 1.807) is 19.2 Å². The summed E-state index contributed by atoms with van der Waals surface area (Å²) in [7, 11) is 0.889. The van der Waals surface area contributed by atoms with Crippen LogP contribution < -0.4 is 4.74 Å². The number of amides is 1. The molecule has 1 fully saturated rings. The van der Waals surface area contributed by atoms with Crippen molar-refractivity contribution in [1.82, 2.24) is 9.21 Å². The van der Waals surface area contributed by atoms with E-state index in [2.05, 4.69) is 15.9 Å². The Kier molecular flexibility index (Phi) is 6.12. The molecule has 150 valence electrons. The highest BCUT2D eigenvalue weighted by atomic mass is 79.9. The lowest BCUT2D eigenvalue weighted by molar-refractivity contribution is 0.0735. The van der Waals surface area contributed by atoms with E-state index in [9.17, 15) is 13.2 Å². The highest BCUT2D eigenvalue weighted by Gasteiger charge is 2.32. The summed E-state index contributed by atoms with van der Waals surface area (Å²) in [5.74, 6) is 0.577. The summed E-state index contributed by atoms with van der Waals surface area (Å²) in [6.07, 6.45) is 1.76. The van der Waals surface area contributed by atoms with Crippen molar-refractivity contribution in [2.75, 3.05) is 27.7 Å². The lowest BCUT2D eigenvalue weighted by Crippen LogP contribution is -2.31. The van der Waals surface area contributed by atoms with E-state index in [4.69, 9.17) is 4.74 Å². The van der Waals surface area contributed by atoms with Crippen LogP contribution >= 0.6 is 15.9 Å². The first kappa shape index (κ1) is 20.8. The SMILES string of the molecule is COc1cccc(C2CCCN2C(=O)c2ccc(Br)c(S(=O)(=O)N(C)C)c2)c1. The van der Waals surface area contributed by atoms with E-state index in [0.717, 1.165) is 28.5 Å². The Morgan fingerprint density at radius 3 is 2.64 bits per heavy atom. The third kappa shape index (κ3) is 3.94. The zero-order chi connectivity index (χ0) is 20.5. The summed E-state index contributed by atoms with van der Waals surface area (Å²) in [6, 6.07) is 12.4. The third-order valence-corrected chi connectivity index (χ3v) is 7.74. The van der Waals surface area contributed by atoms with Crippen molar-refractivity contribution in [2.24, 2.45) is 0 Å². The van der Waals surface area contributed by atoms with Crippen LogP contribution in [0, 0.1) is 0 Å². The number of carbonyl (C=O) groups is 1. The largest absolute Gasteiger partial charge is 0.497 e. The van der Waals surface area contributed by atoms with Crippen LogP contribution in [0.5, 0.6) is 5.75 Å². The number of carbonyl (C=O) groups excluding carboxylic acids is 1. The number of nitrogens with zero attached hydrogens (tertiary/aromatic N) is 2. The van der Waals surface area contributed by atoms with Crippen molar-refractivity contribution in [3.05, 3.63) is 58.1 Å². The van der Waals surface area contributed by atoms with Gasteiger partial charge in [-0.2, -0.15) is 0 Å². The Balaban J connectivity index is 1.95. The summed E-state index contributed by atoms with van der Waals surface area (Å²) in [5.41, 5.74) is 1.38. The zero-order valence-corrected chi connectivity index (χ0v) is 18.5. The topological polar surface area (TPSA) is 66.9 Å². The highest BCUT2D eigenvalue weighted by molar-refractivity contribution is 9.10. The van der Waals surface area contributed by atoms with E-state index in [1.807, 2.05) is 29.2 Å². The number of halogens is 1. The molecule has 28 heavy (non-hydrogen) atoms. The summed E-state index contributed by atoms with van der Waals surface area (Å²) < 4.78 is 32.0. The van der Waals surface area contributed by atoms with Gasteiger partial charge < -0.3 is 9.64 Å². The van der Waals surface area contributed by atoms with E-state index in [1.165, 1.54) is 20.2 Å². The van der Waals surface area contributed by atoms with Crippen molar-refractivity contribution in [3.8, 4) is 5.75 Å². The molecular weight excluding hydrogens is 444 g/mol. The van der Waals surface area contributed by atoms with Gasteiger partial charge in [0.1, 0.15) is 5.75 Å². The fourth-order valence-corrected chi connectivity index (χ4v) is 5.25. The summed E-state index contributed by atoms with van der Waals surface area (Å²) in [6.45, 7) is 0.631. The predicted molar refractivity (Wildman–Crippen MR) is 111 cm³/mol. The molecule has 1 amide bonds. The molecule has 8 heteroatoms. The number of likely N-dealkylation sites (tertiary alicyclic amines) is 1. The number of sulfonamides is 1. The molecule has 3 rings (SSSR count). The molecule has 0 bridgehead atoms. The molecule has 6 nitrogen and oxygen atoms in total. The molecule has 0 aromatic heterocycles. The monoisotopic (exact) mass is 466 g/mol. The summed E-state index contributed by atoms with van der Waals surface area (Å²) in [5, 5.41) is 0. The van der Waals surface area contributed by atoms with Gasteiger partial charge in [0.2, 0.25) is 10.0 Å². The van der Waals surface area contributed by atoms with Gasteiger partial charge in [0.05, 0.1) is 18.0 Å². The van der Waals surface area contributed by atoms with Gasteiger partial charge in [0.25, 0.3) is 5.91 Å². The van der Waals surface area contributed by atoms with Crippen LogP contribution in [0.4, 0.5) is 0 Å².